The molecule has 1 aromatic heterocycles. The quantitative estimate of drug-likeness (QED) is 0.449. The Morgan fingerprint density at radius 3 is 3.07 bits per heavy atom. The van der Waals surface area contributed by atoms with Crippen LogP contribution in [-0.4, -0.2) is 28.4 Å². The molecule has 2 heterocycles. The van der Waals surface area contributed by atoms with Crippen molar-refractivity contribution in [2.24, 2.45) is 0 Å². The van der Waals surface area contributed by atoms with Crippen molar-refractivity contribution >= 4 is 22.7 Å². The van der Waals surface area contributed by atoms with Crippen molar-refractivity contribution in [2.45, 2.75) is 11.1 Å². The molecule has 1 aliphatic rings. The predicted molar refractivity (Wildman–Crippen MR) is 60.0 cm³/mol. The average Bonchev–Trinajstić information content (AvgIpc) is 3.10. The first-order valence-electron chi connectivity index (χ1n) is 4.87. The fraction of sp³-hybridized carbons (Fsp3) is 0.273. The van der Waals surface area contributed by atoms with Gasteiger partial charge >= 0.3 is 0 Å². The van der Waals surface area contributed by atoms with Crippen LogP contribution >= 0.6 is 11.8 Å². The van der Waals surface area contributed by atoms with Crippen LogP contribution in [0.15, 0.2) is 35.6 Å². The van der Waals surface area contributed by atoms with E-state index in [2.05, 4.69) is 16.0 Å². The van der Waals surface area contributed by atoms with Crippen LogP contribution < -0.4 is 0 Å². The van der Waals surface area contributed by atoms with Gasteiger partial charge in [-0.2, -0.15) is 0 Å². The zero-order valence-electron chi connectivity index (χ0n) is 8.09. The molecule has 1 unspecified atom stereocenters. The van der Waals surface area contributed by atoms with E-state index in [0.717, 1.165) is 28.3 Å². The smallest absolute Gasteiger partial charge is 0.117 e. The van der Waals surface area contributed by atoms with Gasteiger partial charge in [-0.25, -0.2) is 9.97 Å². The van der Waals surface area contributed by atoms with E-state index in [9.17, 15) is 0 Å². The molecular formula is C11H10N2OS. The van der Waals surface area contributed by atoms with Crippen LogP contribution in [0.25, 0.3) is 10.9 Å². The van der Waals surface area contributed by atoms with E-state index >= 15 is 0 Å². The Bertz CT molecular complexity index is 479. The number of fused-ring (bicyclic) bond motifs is 1. The maximum atomic E-state index is 5.18. The zero-order chi connectivity index (χ0) is 10.1. The molecule has 1 atom stereocenters. The third kappa shape index (κ3) is 1.96. The van der Waals surface area contributed by atoms with Crippen LogP contribution in [0, 0.1) is 0 Å². The second-order valence-electron chi connectivity index (χ2n) is 3.46. The SMILES string of the molecule is c1ccc2c(SCC3CO3)ncnc2c1. The van der Waals surface area contributed by atoms with E-state index in [4.69, 9.17) is 4.74 Å². The Kier molecular flexibility index (Phi) is 2.31. The Hall–Kier alpha value is -1.13. The number of hydrogen-bond donors (Lipinski definition) is 0. The van der Waals surface area contributed by atoms with Crippen LogP contribution in [0.4, 0.5) is 0 Å². The molecule has 0 saturated carbocycles. The van der Waals surface area contributed by atoms with Gasteiger partial charge in [-0.15, -0.1) is 11.8 Å². The van der Waals surface area contributed by atoms with Crippen LogP contribution in [0.3, 0.4) is 0 Å². The first-order valence-corrected chi connectivity index (χ1v) is 5.86. The lowest BCUT2D eigenvalue weighted by atomic mass is 10.2. The molecule has 0 radical (unpaired) electrons. The lowest BCUT2D eigenvalue weighted by Crippen LogP contribution is -1.92. The van der Waals surface area contributed by atoms with Gasteiger partial charge in [-0.3, -0.25) is 0 Å². The Morgan fingerprint density at radius 1 is 1.33 bits per heavy atom. The minimum atomic E-state index is 0.434. The maximum Gasteiger partial charge on any atom is 0.117 e. The summed E-state index contributed by atoms with van der Waals surface area (Å²) in [4.78, 5) is 8.53. The first-order chi connectivity index (χ1) is 7.43. The fourth-order valence-electron chi connectivity index (χ4n) is 1.43. The van der Waals surface area contributed by atoms with Crippen molar-refractivity contribution in [1.29, 1.82) is 0 Å². The summed E-state index contributed by atoms with van der Waals surface area (Å²) in [6.07, 6.45) is 2.06. The summed E-state index contributed by atoms with van der Waals surface area (Å²) in [7, 11) is 0. The highest BCUT2D eigenvalue weighted by Gasteiger charge is 2.22. The van der Waals surface area contributed by atoms with Gasteiger partial charge in [-0.05, 0) is 6.07 Å². The monoisotopic (exact) mass is 218 g/mol. The molecule has 3 rings (SSSR count). The zero-order valence-corrected chi connectivity index (χ0v) is 8.91. The maximum absolute atomic E-state index is 5.18. The number of para-hydroxylation sites is 1. The molecule has 0 N–H and O–H groups in total. The molecule has 0 bridgehead atoms. The summed E-state index contributed by atoms with van der Waals surface area (Å²) in [5.74, 6) is 0.987. The number of benzene rings is 1. The lowest BCUT2D eigenvalue weighted by molar-refractivity contribution is 0.426. The second-order valence-corrected chi connectivity index (χ2v) is 4.47. The predicted octanol–water partition coefficient (Wildman–Crippen LogP) is 2.12. The first kappa shape index (κ1) is 9.12. The summed E-state index contributed by atoms with van der Waals surface area (Å²) in [6, 6.07) is 8.08. The topological polar surface area (TPSA) is 38.3 Å². The van der Waals surface area contributed by atoms with Crippen molar-refractivity contribution in [3.05, 3.63) is 30.6 Å². The number of nitrogens with zero attached hydrogens (tertiary/aromatic N) is 2. The van der Waals surface area contributed by atoms with Gasteiger partial charge in [0.05, 0.1) is 18.2 Å². The van der Waals surface area contributed by atoms with E-state index in [0.29, 0.717) is 6.10 Å². The number of ether oxygens (including phenoxy) is 1. The van der Waals surface area contributed by atoms with Gasteiger partial charge in [0.1, 0.15) is 11.4 Å². The number of hydrogen-bond acceptors (Lipinski definition) is 4. The van der Waals surface area contributed by atoms with Crippen molar-refractivity contribution in [1.82, 2.24) is 9.97 Å². The average molecular weight is 218 g/mol. The van der Waals surface area contributed by atoms with E-state index in [1.807, 2.05) is 18.2 Å². The fourth-order valence-corrected chi connectivity index (χ4v) is 2.42. The molecule has 15 heavy (non-hydrogen) atoms. The standard InChI is InChI=1S/C11H10N2OS/c1-2-4-10-9(3-1)11(13-7-12-10)15-6-8-5-14-8/h1-4,7-8H,5-6H2. The van der Waals surface area contributed by atoms with Crippen LogP contribution in [0.2, 0.25) is 0 Å². The van der Waals surface area contributed by atoms with Crippen molar-refractivity contribution < 1.29 is 4.74 Å². The molecule has 76 valence electrons. The van der Waals surface area contributed by atoms with Crippen LogP contribution in [-0.2, 0) is 4.74 Å². The number of rotatable bonds is 3. The van der Waals surface area contributed by atoms with Crippen LogP contribution in [0.1, 0.15) is 0 Å². The van der Waals surface area contributed by atoms with Gasteiger partial charge in [0, 0.05) is 11.1 Å². The molecule has 4 heteroatoms. The summed E-state index contributed by atoms with van der Waals surface area (Å²) in [6.45, 7) is 0.899. The summed E-state index contributed by atoms with van der Waals surface area (Å²) in [5.41, 5.74) is 1.01. The molecule has 3 nitrogen and oxygen atoms in total. The third-order valence-electron chi connectivity index (χ3n) is 2.31. The number of aromatic nitrogens is 2. The summed E-state index contributed by atoms with van der Waals surface area (Å²) < 4.78 is 5.18. The highest BCUT2D eigenvalue weighted by Crippen LogP contribution is 2.27. The molecule has 1 fully saturated rings. The van der Waals surface area contributed by atoms with Crippen molar-refractivity contribution in [3.63, 3.8) is 0 Å². The van der Waals surface area contributed by atoms with Crippen molar-refractivity contribution in [2.75, 3.05) is 12.4 Å². The minimum absolute atomic E-state index is 0.434. The minimum Gasteiger partial charge on any atom is -0.372 e. The Balaban J connectivity index is 1.93. The van der Waals surface area contributed by atoms with E-state index in [1.165, 1.54) is 0 Å². The highest BCUT2D eigenvalue weighted by atomic mass is 32.2. The molecule has 0 amide bonds. The van der Waals surface area contributed by atoms with Gasteiger partial charge in [0.25, 0.3) is 0 Å². The van der Waals surface area contributed by atoms with E-state index in [1.54, 1.807) is 18.1 Å². The summed E-state index contributed by atoms with van der Waals surface area (Å²) in [5, 5.41) is 2.18. The molecule has 2 aromatic rings. The van der Waals surface area contributed by atoms with Gasteiger partial charge in [0.2, 0.25) is 0 Å². The Morgan fingerprint density at radius 2 is 2.20 bits per heavy atom. The van der Waals surface area contributed by atoms with E-state index < -0.39 is 0 Å². The van der Waals surface area contributed by atoms with Gasteiger partial charge < -0.3 is 4.74 Å². The van der Waals surface area contributed by atoms with Gasteiger partial charge in [0.15, 0.2) is 0 Å². The highest BCUT2D eigenvalue weighted by molar-refractivity contribution is 7.99. The number of epoxide rings is 1. The van der Waals surface area contributed by atoms with Crippen LogP contribution in [0.5, 0.6) is 0 Å². The summed E-state index contributed by atoms with van der Waals surface area (Å²) >= 11 is 1.74. The largest absolute Gasteiger partial charge is 0.372 e. The normalized spacial score (nSPS) is 19.3. The van der Waals surface area contributed by atoms with Crippen molar-refractivity contribution in [3.8, 4) is 0 Å². The molecule has 1 aromatic carbocycles. The molecule has 0 spiro atoms. The Labute approximate surface area is 91.9 Å². The molecule has 0 aliphatic carbocycles. The van der Waals surface area contributed by atoms with Gasteiger partial charge in [-0.1, -0.05) is 18.2 Å². The number of thioether (sulfide) groups is 1. The van der Waals surface area contributed by atoms with E-state index in [-0.39, 0.29) is 0 Å². The third-order valence-corrected chi connectivity index (χ3v) is 3.45. The lowest BCUT2D eigenvalue weighted by Gasteiger charge is -2.02. The molecule has 1 saturated heterocycles. The molecule has 1 aliphatic heterocycles. The molecular weight excluding hydrogens is 208 g/mol. The second kappa shape index (κ2) is 3.79.